The SMILES string of the molecule is CC1=C2C(=O)ON=C2CCN1c1cc(C)ccc1C. The molecule has 0 aliphatic carbocycles. The van der Waals surface area contributed by atoms with Crippen LogP contribution >= 0.6 is 0 Å². The average molecular weight is 256 g/mol. The smallest absolute Gasteiger partial charge is 0.344 e. The number of carbonyl (C=O) groups excluding carboxylic acids is 1. The molecule has 19 heavy (non-hydrogen) atoms. The Balaban J connectivity index is 2.10. The molecule has 4 heteroatoms. The van der Waals surface area contributed by atoms with E-state index in [1.54, 1.807) is 0 Å². The number of aryl methyl sites for hydroxylation is 2. The fraction of sp³-hybridized carbons (Fsp3) is 0.333. The van der Waals surface area contributed by atoms with Gasteiger partial charge in [-0.05, 0) is 38.0 Å². The lowest BCUT2D eigenvalue weighted by Gasteiger charge is -2.31. The lowest BCUT2D eigenvalue weighted by molar-refractivity contribution is -0.136. The van der Waals surface area contributed by atoms with Crippen LogP contribution in [0.25, 0.3) is 0 Å². The van der Waals surface area contributed by atoms with E-state index in [2.05, 4.69) is 42.1 Å². The van der Waals surface area contributed by atoms with Gasteiger partial charge < -0.3 is 9.74 Å². The van der Waals surface area contributed by atoms with E-state index < -0.39 is 0 Å². The fourth-order valence-corrected chi connectivity index (χ4v) is 2.66. The average Bonchev–Trinajstić information content (AvgIpc) is 2.76. The summed E-state index contributed by atoms with van der Waals surface area (Å²) in [7, 11) is 0. The minimum Gasteiger partial charge on any atom is -0.344 e. The van der Waals surface area contributed by atoms with Crippen LogP contribution in [0.5, 0.6) is 0 Å². The van der Waals surface area contributed by atoms with E-state index in [1.165, 1.54) is 11.1 Å². The first-order valence-electron chi connectivity index (χ1n) is 6.42. The van der Waals surface area contributed by atoms with E-state index >= 15 is 0 Å². The van der Waals surface area contributed by atoms with Crippen molar-refractivity contribution in [2.45, 2.75) is 27.2 Å². The summed E-state index contributed by atoms with van der Waals surface area (Å²) in [5.74, 6) is -0.331. The van der Waals surface area contributed by atoms with Crippen LogP contribution in [0.4, 0.5) is 5.69 Å². The molecule has 2 heterocycles. The van der Waals surface area contributed by atoms with Crippen molar-refractivity contribution < 1.29 is 9.63 Å². The number of anilines is 1. The quantitative estimate of drug-likeness (QED) is 0.725. The highest BCUT2D eigenvalue weighted by atomic mass is 16.7. The molecule has 0 saturated carbocycles. The van der Waals surface area contributed by atoms with E-state index in [9.17, 15) is 4.79 Å². The second-order valence-electron chi connectivity index (χ2n) is 5.07. The molecule has 0 aromatic heterocycles. The van der Waals surface area contributed by atoms with Gasteiger partial charge in [0.05, 0.1) is 5.71 Å². The first-order chi connectivity index (χ1) is 9.08. The monoisotopic (exact) mass is 256 g/mol. The predicted octanol–water partition coefficient (Wildman–Crippen LogP) is 2.70. The Kier molecular flexibility index (Phi) is 2.66. The number of nitrogens with zero attached hydrogens (tertiary/aromatic N) is 2. The van der Waals surface area contributed by atoms with Crippen molar-refractivity contribution in [2.75, 3.05) is 11.4 Å². The van der Waals surface area contributed by atoms with Gasteiger partial charge in [-0.15, -0.1) is 0 Å². The second-order valence-corrected chi connectivity index (χ2v) is 5.07. The third-order valence-corrected chi connectivity index (χ3v) is 3.73. The number of fused-ring (bicyclic) bond motifs is 1. The molecular weight excluding hydrogens is 240 g/mol. The molecule has 0 unspecified atom stereocenters. The van der Waals surface area contributed by atoms with Crippen LogP contribution in [0.3, 0.4) is 0 Å². The number of rotatable bonds is 1. The highest BCUT2D eigenvalue weighted by molar-refractivity contribution is 6.23. The third-order valence-electron chi connectivity index (χ3n) is 3.73. The maximum atomic E-state index is 11.7. The summed E-state index contributed by atoms with van der Waals surface area (Å²) in [6.45, 7) is 6.95. The first-order valence-corrected chi connectivity index (χ1v) is 6.42. The number of benzene rings is 1. The van der Waals surface area contributed by atoms with Gasteiger partial charge in [0.1, 0.15) is 5.57 Å². The number of hydrogen-bond donors (Lipinski definition) is 0. The molecule has 3 rings (SSSR count). The molecule has 0 spiro atoms. The van der Waals surface area contributed by atoms with Gasteiger partial charge in [0.2, 0.25) is 0 Å². The molecule has 0 atom stereocenters. The number of oxime groups is 1. The summed E-state index contributed by atoms with van der Waals surface area (Å²) >= 11 is 0. The normalized spacial score (nSPS) is 18.4. The van der Waals surface area contributed by atoms with Gasteiger partial charge >= 0.3 is 5.97 Å². The van der Waals surface area contributed by atoms with E-state index in [4.69, 9.17) is 4.84 Å². The molecule has 98 valence electrons. The van der Waals surface area contributed by atoms with E-state index in [0.717, 1.165) is 30.1 Å². The van der Waals surface area contributed by atoms with E-state index in [1.807, 2.05) is 6.92 Å². The molecule has 0 amide bonds. The third kappa shape index (κ3) is 1.84. The summed E-state index contributed by atoms with van der Waals surface area (Å²) < 4.78 is 0. The number of allylic oxidation sites excluding steroid dienone is 1. The summed E-state index contributed by atoms with van der Waals surface area (Å²) in [4.78, 5) is 18.7. The Morgan fingerprint density at radius 2 is 2.05 bits per heavy atom. The van der Waals surface area contributed by atoms with E-state index in [-0.39, 0.29) is 5.97 Å². The zero-order chi connectivity index (χ0) is 13.6. The zero-order valence-electron chi connectivity index (χ0n) is 11.4. The molecule has 1 aromatic rings. The topological polar surface area (TPSA) is 41.9 Å². The van der Waals surface area contributed by atoms with Crippen molar-refractivity contribution in [1.29, 1.82) is 0 Å². The van der Waals surface area contributed by atoms with Crippen LogP contribution in [0.2, 0.25) is 0 Å². The predicted molar refractivity (Wildman–Crippen MR) is 74.1 cm³/mol. The van der Waals surface area contributed by atoms with Crippen LogP contribution in [-0.4, -0.2) is 18.2 Å². The van der Waals surface area contributed by atoms with Crippen molar-refractivity contribution in [3.05, 3.63) is 40.6 Å². The van der Waals surface area contributed by atoms with Gasteiger partial charge in [-0.25, -0.2) is 4.79 Å². The summed E-state index contributed by atoms with van der Waals surface area (Å²) in [5, 5.41) is 3.84. The minimum absolute atomic E-state index is 0.331. The molecule has 0 fully saturated rings. The highest BCUT2D eigenvalue weighted by Crippen LogP contribution is 2.32. The Labute approximate surface area is 112 Å². The van der Waals surface area contributed by atoms with Crippen LogP contribution < -0.4 is 4.90 Å². The lowest BCUT2D eigenvalue weighted by atomic mass is 9.99. The fourth-order valence-electron chi connectivity index (χ4n) is 2.66. The Bertz CT molecular complexity index is 629. The lowest BCUT2D eigenvalue weighted by Crippen LogP contribution is -2.33. The van der Waals surface area contributed by atoms with Crippen molar-refractivity contribution in [3.63, 3.8) is 0 Å². The van der Waals surface area contributed by atoms with Crippen LogP contribution in [0.15, 0.2) is 34.6 Å². The summed E-state index contributed by atoms with van der Waals surface area (Å²) in [6, 6.07) is 6.36. The van der Waals surface area contributed by atoms with Crippen LogP contribution in [0.1, 0.15) is 24.5 Å². The standard InChI is InChI=1S/C15H16N2O2/c1-9-4-5-10(2)13(8-9)17-7-6-12-14(11(17)3)15(18)19-16-12/h4-5,8H,6-7H2,1-3H3. The van der Waals surface area contributed by atoms with Crippen molar-refractivity contribution in [3.8, 4) is 0 Å². The van der Waals surface area contributed by atoms with Crippen LogP contribution in [0, 0.1) is 13.8 Å². The molecule has 2 aliphatic heterocycles. The van der Waals surface area contributed by atoms with E-state index in [0.29, 0.717) is 5.57 Å². The maximum absolute atomic E-state index is 11.7. The minimum atomic E-state index is -0.331. The largest absolute Gasteiger partial charge is 0.369 e. The number of hydrogen-bond acceptors (Lipinski definition) is 4. The molecule has 0 N–H and O–H groups in total. The second kappa shape index (κ2) is 4.23. The zero-order valence-corrected chi connectivity index (χ0v) is 11.4. The van der Waals surface area contributed by atoms with Crippen molar-refractivity contribution in [2.24, 2.45) is 5.16 Å². The van der Waals surface area contributed by atoms with Gasteiger partial charge in [0.15, 0.2) is 0 Å². The van der Waals surface area contributed by atoms with Gasteiger partial charge in [-0.1, -0.05) is 17.3 Å². The summed E-state index contributed by atoms with van der Waals surface area (Å²) in [5.41, 5.74) is 5.92. The van der Waals surface area contributed by atoms with Crippen LogP contribution in [-0.2, 0) is 9.63 Å². The molecular formula is C15H16N2O2. The van der Waals surface area contributed by atoms with Gasteiger partial charge in [-0.2, -0.15) is 0 Å². The summed E-state index contributed by atoms with van der Waals surface area (Å²) in [6.07, 6.45) is 0.742. The van der Waals surface area contributed by atoms with Gasteiger partial charge in [0.25, 0.3) is 0 Å². The molecule has 2 aliphatic rings. The Hall–Kier alpha value is -2.10. The number of carbonyl (C=O) groups is 1. The first kappa shape index (κ1) is 12.0. The molecule has 0 bridgehead atoms. The van der Waals surface area contributed by atoms with Gasteiger partial charge in [-0.3, -0.25) is 0 Å². The molecule has 1 aromatic carbocycles. The Morgan fingerprint density at radius 3 is 2.84 bits per heavy atom. The molecule has 0 saturated heterocycles. The molecule has 4 nitrogen and oxygen atoms in total. The highest BCUT2D eigenvalue weighted by Gasteiger charge is 2.34. The maximum Gasteiger partial charge on any atom is 0.369 e. The Morgan fingerprint density at radius 1 is 1.26 bits per heavy atom. The van der Waals surface area contributed by atoms with Gasteiger partial charge in [0, 0.05) is 24.4 Å². The molecule has 0 radical (unpaired) electrons. The van der Waals surface area contributed by atoms with Crippen molar-refractivity contribution >= 4 is 17.4 Å². The van der Waals surface area contributed by atoms with Crippen molar-refractivity contribution in [1.82, 2.24) is 0 Å².